The van der Waals surface area contributed by atoms with Gasteiger partial charge in [-0.15, -0.1) is 11.8 Å². The average Bonchev–Trinajstić information content (AvgIpc) is 3.06. The summed E-state index contributed by atoms with van der Waals surface area (Å²) < 4.78 is 4.78. The van der Waals surface area contributed by atoms with Crippen molar-refractivity contribution in [3.8, 4) is 0 Å². The molecule has 8 heteroatoms. The molecular formula is C17H19ClN2O4S. The van der Waals surface area contributed by atoms with Crippen molar-refractivity contribution in [2.75, 3.05) is 37.4 Å². The van der Waals surface area contributed by atoms with Gasteiger partial charge < -0.3 is 14.5 Å². The SMILES string of the molecule is COC(=O)[C@H]1CN(C(=O)c2ccc(Cl)c(N3CCCC3=O)c2)CCS1. The van der Waals surface area contributed by atoms with E-state index in [1.807, 2.05) is 0 Å². The van der Waals surface area contributed by atoms with Crippen molar-refractivity contribution in [1.29, 1.82) is 0 Å². The first-order chi connectivity index (χ1) is 12.0. The van der Waals surface area contributed by atoms with Crippen LogP contribution in [0.3, 0.4) is 0 Å². The Bertz CT molecular complexity index is 712. The van der Waals surface area contributed by atoms with Gasteiger partial charge in [-0.25, -0.2) is 0 Å². The molecule has 2 heterocycles. The van der Waals surface area contributed by atoms with Gasteiger partial charge in [0.2, 0.25) is 5.91 Å². The second kappa shape index (κ2) is 7.66. The van der Waals surface area contributed by atoms with Crippen LogP contribution in [0.5, 0.6) is 0 Å². The molecule has 25 heavy (non-hydrogen) atoms. The van der Waals surface area contributed by atoms with E-state index in [9.17, 15) is 14.4 Å². The van der Waals surface area contributed by atoms with Gasteiger partial charge in [-0.2, -0.15) is 0 Å². The van der Waals surface area contributed by atoms with Crippen LogP contribution in [0.25, 0.3) is 0 Å². The Hall–Kier alpha value is -1.73. The second-order valence-corrected chi connectivity index (χ2v) is 7.67. The number of halogens is 1. The van der Waals surface area contributed by atoms with Gasteiger partial charge in [-0.3, -0.25) is 14.4 Å². The number of anilines is 1. The fourth-order valence-corrected chi connectivity index (χ4v) is 4.39. The number of carbonyl (C=O) groups is 3. The maximum Gasteiger partial charge on any atom is 0.320 e. The Morgan fingerprint density at radius 2 is 2.12 bits per heavy atom. The van der Waals surface area contributed by atoms with E-state index in [0.29, 0.717) is 48.1 Å². The Morgan fingerprint density at radius 3 is 2.80 bits per heavy atom. The van der Waals surface area contributed by atoms with Gasteiger partial charge in [0.1, 0.15) is 5.25 Å². The van der Waals surface area contributed by atoms with Crippen LogP contribution in [-0.4, -0.2) is 60.4 Å². The van der Waals surface area contributed by atoms with Crippen molar-refractivity contribution in [3.63, 3.8) is 0 Å². The van der Waals surface area contributed by atoms with Crippen LogP contribution >= 0.6 is 23.4 Å². The minimum absolute atomic E-state index is 0.0200. The minimum atomic E-state index is -0.366. The lowest BCUT2D eigenvalue weighted by Gasteiger charge is -2.31. The highest BCUT2D eigenvalue weighted by atomic mass is 35.5. The molecule has 2 aliphatic heterocycles. The first kappa shape index (κ1) is 18.1. The predicted octanol–water partition coefficient (Wildman–Crippen LogP) is 2.20. The Kier molecular flexibility index (Phi) is 5.54. The topological polar surface area (TPSA) is 66.9 Å². The molecule has 0 bridgehead atoms. The van der Waals surface area contributed by atoms with E-state index in [4.69, 9.17) is 16.3 Å². The van der Waals surface area contributed by atoms with Crippen LogP contribution in [0.1, 0.15) is 23.2 Å². The molecule has 2 amide bonds. The lowest BCUT2D eigenvalue weighted by molar-refractivity contribution is -0.140. The molecule has 1 aromatic rings. The van der Waals surface area contributed by atoms with Crippen LogP contribution in [-0.2, 0) is 14.3 Å². The summed E-state index contributed by atoms with van der Waals surface area (Å²) in [6, 6.07) is 4.97. The highest BCUT2D eigenvalue weighted by Crippen LogP contribution is 2.31. The van der Waals surface area contributed by atoms with Gasteiger partial charge in [0.15, 0.2) is 0 Å². The summed E-state index contributed by atoms with van der Waals surface area (Å²) in [5.74, 6) is 0.212. The standard InChI is InChI=1S/C17H19ClN2O4S/c1-24-17(23)14-10-19(7-8-25-14)16(22)11-4-5-12(18)13(9-11)20-6-2-3-15(20)21/h4-5,9,14H,2-3,6-8,10H2,1H3/t14-/m1/s1. The van der Waals surface area contributed by atoms with Crippen LogP contribution in [0.4, 0.5) is 5.69 Å². The maximum atomic E-state index is 12.8. The summed E-state index contributed by atoms with van der Waals surface area (Å²) in [5, 5.41) is 0.0862. The fraction of sp³-hybridized carbons (Fsp3) is 0.471. The quantitative estimate of drug-likeness (QED) is 0.750. The number of carbonyl (C=O) groups excluding carboxylic acids is 3. The highest BCUT2D eigenvalue weighted by molar-refractivity contribution is 8.00. The molecule has 6 nitrogen and oxygen atoms in total. The zero-order chi connectivity index (χ0) is 18.0. The third-order valence-corrected chi connectivity index (χ3v) is 5.86. The zero-order valence-corrected chi connectivity index (χ0v) is 15.4. The zero-order valence-electron chi connectivity index (χ0n) is 13.9. The third-order valence-electron chi connectivity index (χ3n) is 4.38. The van der Waals surface area contributed by atoms with Crippen LogP contribution < -0.4 is 4.90 Å². The molecule has 0 radical (unpaired) electrons. The Morgan fingerprint density at radius 1 is 1.32 bits per heavy atom. The summed E-state index contributed by atoms with van der Waals surface area (Å²) in [4.78, 5) is 39.8. The van der Waals surface area contributed by atoms with Crippen molar-refractivity contribution < 1.29 is 19.1 Å². The summed E-state index contributed by atoms with van der Waals surface area (Å²) >= 11 is 7.73. The van der Waals surface area contributed by atoms with Gasteiger partial charge in [0.05, 0.1) is 17.8 Å². The number of ether oxygens (including phenoxy) is 1. The predicted molar refractivity (Wildman–Crippen MR) is 97.2 cm³/mol. The molecule has 1 atom stereocenters. The lowest BCUT2D eigenvalue weighted by Crippen LogP contribution is -2.45. The molecule has 2 fully saturated rings. The Balaban J connectivity index is 1.80. The van der Waals surface area contributed by atoms with Crippen LogP contribution in [0.15, 0.2) is 18.2 Å². The molecule has 0 aliphatic carbocycles. The number of methoxy groups -OCH3 is 1. The molecule has 2 saturated heterocycles. The van der Waals surface area contributed by atoms with E-state index in [1.165, 1.54) is 18.9 Å². The fourth-order valence-electron chi connectivity index (χ4n) is 3.05. The largest absolute Gasteiger partial charge is 0.468 e. The monoisotopic (exact) mass is 382 g/mol. The van der Waals surface area contributed by atoms with Gasteiger partial charge in [-0.05, 0) is 24.6 Å². The smallest absolute Gasteiger partial charge is 0.320 e. The first-order valence-corrected chi connectivity index (χ1v) is 9.52. The number of nitrogens with zero attached hydrogens (tertiary/aromatic N) is 2. The summed E-state index contributed by atoms with van der Waals surface area (Å²) in [5.41, 5.74) is 1.04. The van der Waals surface area contributed by atoms with Gasteiger partial charge in [0.25, 0.3) is 5.91 Å². The number of hydrogen-bond donors (Lipinski definition) is 0. The Labute approximate surface area is 155 Å². The number of hydrogen-bond acceptors (Lipinski definition) is 5. The molecule has 0 N–H and O–H groups in total. The van der Waals surface area contributed by atoms with Crippen molar-refractivity contribution in [1.82, 2.24) is 4.90 Å². The van der Waals surface area contributed by atoms with E-state index < -0.39 is 0 Å². The molecule has 0 unspecified atom stereocenters. The summed E-state index contributed by atoms with van der Waals surface area (Å²) in [7, 11) is 1.35. The van der Waals surface area contributed by atoms with Crippen molar-refractivity contribution in [2.24, 2.45) is 0 Å². The molecular weight excluding hydrogens is 364 g/mol. The molecule has 134 valence electrons. The second-order valence-electron chi connectivity index (χ2n) is 5.95. The molecule has 0 saturated carbocycles. The van der Waals surface area contributed by atoms with Gasteiger partial charge in [0, 0.05) is 37.4 Å². The average molecular weight is 383 g/mol. The minimum Gasteiger partial charge on any atom is -0.468 e. The summed E-state index contributed by atoms with van der Waals surface area (Å²) in [6.07, 6.45) is 1.29. The summed E-state index contributed by atoms with van der Waals surface area (Å²) in [6.45, 7) is 1.50. The lowest BCUT2D eigenvalue weighted by atomic mass is 10.1. The third kappa shape index (κ3) is 3.77. The molecule has 3 rings (SSSR count). The number of benzene rings is 1. The normalized spacial score (nSPS) is 20.7. The van der Waals surface area contributed by atoms with Gasteiger partial charge >= 0.3 is 5.97 Å². The van der Waals surface area contributed by atoms with E-state index in [0.717, 1.165) is 6.42 Å². The maximum absolute atomic E-state index is 12.8. The van der Waals surface area contributed by atoms with Gasteiger partial charge in [-0.1, -0.05) is 11.6 Å². The molecule has 1 aromatic carbocycles. The van der Waals surface area contributed by atoms with E-state index in [2.05, 4.69) is 0 Å². The van der Waals surface area contributed by atoms with E-state index in [1.54, 1.807) is 28.0 Å². The van der Waals surface area contributed by atoms with E-state index in [-0.39, 0.29) is 23.0 Å². The van der Waals surface area contributed by atoms with Crippen molar-refractivity contribution in [3.05, 3.63) is 28.8 Å². The number of thioether (sulfide) groups is 1. The number of amides is 2. The van der Waals surface area contributed by atoms with Crippen LogP contribution in [0, 0.1) is 0 Å². The number of rotatable bonds is 3. The molecule has 0 aromatic heterocycles. The van der Waals surface area contributed by atoms with Crippen molar-refractivity contribution in [2.45, 2.75) is 18.1 Å². The van der Waals surface area contributed by atoms with Crippen molar-refractivity contribution >= 4 is 46.8 Å². The number of esters is 1. The molecule has 0 spiro atoms. The van der Waals surface area contributed by atoms with E-state index >= 15 is 0 Å². The molecule has 2 aliphatic rings. The highest BCUT2D eigenvalue weighted by Gasteiger charge is 2.31. The first-order valence-electron chi connectivity index (χ1n) is 8.10. The van der Waals surface area contributed by atoms with Crippen LogP contribution in [0.2, 0.25) is 5.02 Å².